The number of nitrogens with one attached hydrogen (secondary N) is 2. The molecule has 0 unspecified atom stereocenters. The third-order valence-corrected chi connectivity index (χ3v) is 6.92. The molecule has 5 rings (SSSR count). The largest absolute Gasteiger partial charge is 0.359 e. The van der Waals surface area contributed by atoms with Gasteiger partial charge in [-0.3, -0.25) is 10.1 Å². The summed E-state index contributed by atoms with van der Waals surface area (Å²) in [4.78, 5) is 12.2. The number of carbonyl (C=O) groups is 1. The molecule has 0 radical (unpaired) electrons. The number of hydrogen-bond acceptors (Lipinski definition) is 2. The van der Waals surface area contributed by atoms with E-state index in [1.807, 2.05) is 0 Å². The van der Waals surface area contributed by atoms with Gasteiger partial charge in [-0.1, -0.05) is 29.3 Å². The first-order valence-corrected chi connectivity index (χ1v) is 10.4. The van der Waals surface area contributed by atoms with Crippen LogP contribution >= 0.6 is 35.4 Å². The lowest BCUT2D eigenvalue weighted by Crippen LogP contribution is -2.57. The zero-order valence-corrected chi connectivity index (χ0v) is 16.7. The van der Waals surface area contributed by atoms with Gasteiger partial charge in [0, 0.05) is 22.2 Å². The lowest BCUT2D eigenvalue weighted by Gasteiger charge is -2.54. The summed E-state index contributed by atoms with van der Waals surface area (Å²) >= 11 is 17.4. The van der Waals surface area contributed by atoms with E-state index in [9.17, 15) is 4.79 Å². The van der Waals surface area contributed by atoms with Crippen LogP contribution in [0.15, 0.2) is 24.3 Å². The summed E-state index contributed by atoms with van der Waals surface area (Å²) in [6.45, 7) is 0. The van der Waals surface area contributed by atoms with Crippen LogP contribution in [0.25, 0.3) is 6.08 Å². The van der Waals surface area contributed by atoms with Gasteiger partial charge in [0.15, 0.2) is 5.11 Å². The van der Waals surface area contributed by atoms with E-state index in [1.54, 1.807) is 24.3 Å². The molecular formula is C20H22Cl2N2OS. The lowest BCUT2D eigenvalue weighted by atomic mass is 9.54. The van der Waals surface area contributed by atoms with Crippen LogP contribution < -0.4 is 10.6 Å². The highest BCUT2D eigenvalue weighted by Crippen LogP contribution is 2.53. The molecule has 0 heterocycles. The van der Waals surface area contributed by atoms with Crippen molar-refractivity contribution in [3.8, 4) is 0 Å². The minimum atomic E-state index is -0.252. The summed E-state index contributed by atoms with van der Waals surface area (Å²) in [6.07, 6.45) is 9.80. The van der Waals surface area contributed by atoms with Crippen LogP contribution in [0.1, 0.15) is 37.7 Å². The Hall–Kier alpha value is -1.10. The second-order valence-corrected chi connectivity index (χ2v) is 9.17. The fourth-order valence-corrected chi connectivity index (χ4v) is 6.01. The summed E-state index contributed by atoms with van der Waals surface area (Å²) in [5.74, 6) is 3.02. The molecule has 138 valence electrons. The smallest absolute Gasteiger partial charge is 0.250 e. The fraction of sp³-hybridized carbons (Fsp3) is 0.500. The Labute approximate surface area is 169 Å². The van der Waals surface area contributed by atoms with Gasteiger partial charge in [-0.2, -0.15) is 0 Å². The first-order chi connectivity index (χ1) is 12.5. The van der Waals surface area contributed by atoms with Crippen molar-refractivity contribution in [1.29, 1.82) is 0 Å². The topological polar surface area (TPSA) is 41.1 Å². The molecule has 4 aliphatic carbocycles. The first-order valence-electron chi connectivity index (χ1n) is 9.22. The number of thiocarbonyl (C=S) groups is 1. The first kappa shape index (κ1) is 18.3. The van der Waals surface area contributed by atoms with Crippen molar-refractivity contribution < 1.29 is 4.79 Å². The normalized spacial score (nSPS) is 32.0. The van der Waals surface area contributed by atoms with Crippen LogP contribution in [0, 0.1) is 23.7 Å². The van der Waals surface area contributed by atoms with Crippen molar-refractivity contribution in [2.75, 3.05) is 0 Å². The minimum absolute atomic E-state index is 0.252. The number of rotatable bonds is 3. The van der Waals surface area contributed by atoms with E-state index in [-0.39, 0.29) is 5.91 Å². The number of amides is 1. The maximum atomic E-state index is 12.2. The molecule has 2 N–H and O–H groups in total. The minimum Gasteiger partial charge on any atom is -0.359 e. The Morgan fingerprint density at radius 2 is 1.73 bits per heavy atom. The highest BCUT2D eigenvalue weighted by atomic mass is 35.5. The average Bonchev–Trinajstić information content (AvgIpc) is 2.56. The summed E-state index contributed by atoms with van der Waals surface area (Å²) in [5, 5.41) is 7.70. The van der Waals surface area contributed by atoms with Crippen LogP contribution in [0.5, 0.6) is 0 Å². The lowest BCUT2D eigenvalue weighted by molar-refractivity contribution is -0.115. The monoisotopic (exact) mass is 408 g/mol. The second-order valence-electron chi connectivity index (χ2n) is 7.92. The standard InChI is InChI=1S/C20H22Cl2N2OS/c21-16-3-1-13(17(22)10-16)2-4-18(25)23-20(26)24-19-14-6-11-5-12(8-14)9-15(19)7-11/h1-4,10-12,14-15,19H,5-9H2,(H2,23,24,25,26). The van der Waals surface area contributed by atoms with E-state index in [2.05, 4.69) is 10.6 Å². The summed E-state index contributed by atoms with van der Waals surface area (Å²) in [6, 6.07) is 5.59. The number of hydrogen-bond donors (Lipinski definition) is 2. The average molecular weight is 409 g/mol. The molecule has 4 fully saturated rings. The van der Waals surface area contributed by atoms with Crippen LogP contribution in [-0.4, -0.2) is 17.1 Å². The molecule has 1 aromatic rings. The van der Waals surface area contributed by atoms with E-state index in [4.69, 9.17) is 35.4 Å². The Kier molecular flexibility index (Phi) is 5.27. The third-order valence-electron chi connectivity index (χ3n) is 6.14. The summed E-state index contributed by atoms with van der Waals surface area (Å²) in [7, 11) is 0. The molecule has 0 spiro atoms. The van der Waals surface area contributed by atoms with Gasteiger partial charge in [0.05, 0.1) is 0 Å². The van der Waals surface area contributed by atoms with Crippen molar-refractivity contribution in [2.24, 2.45) is 23.7 Å². The molecule has 0 atom stereocenters. The number of halogens is 2. The fourth-order valence-electron chi connectivity index (χ4n) is 5.30. The third kappa shape index (κ3) is 3.92. The molecule has 0 saturated heterocycles. The van der Waals surface area contributed by atoms with Gasteiger partial charge < -0.3 is 5.32 Å². The molecule has 26 heavy (non-hydrogen) atoms. The Bertz CT molecular complexity index is 736. The van der Waals surface area contributed by atoms with Crippen LogP contribution in [0.4, 0.5) is 0 Å². The second kappa shape index (κ2) is 7.49. The molecule has 0 aromatic heterocycles. The summed E-state index contributed by atoms with van der Waals surface area (Å²) < 4.78 is 0. The molecule has 1 amide bonds. The predicted octanol–water partition coefficient (Wildman–Crippen LogP) is 4.82. The molecular weight excluding hydrogens is 387 g/mol. The highest BCUT2D eigenvalue weighted by molar-refractivity contribution is 7.80. The van der Waals surface area contributed by atoms with E-state index in [0.717, 1.165) is 17.4 Å². The van der Waals surface area contributed by atoms with Gasteiger partial charge in [0.2, 0.25) is 5.91 Å². The quantitative estimate of drug-likeness (QED) is 0.556. The Morgan fingerprint density at radius 1 is 1.08 bits per heavy atom. The molecule has 0 aliphatic heterocycles. The van der Waals surface area contributed by atoms with Gasteiger partial charge >= 0.3 is 0 Å². The maximum absolute atomic E-state index is 12.2. The van der Waals surface area contributed by atoms with Crippen molar-refractivity contribution in [3.05, 3.63) is 39.9 Å². The highest BCUT2D eigenvalue weighted by Gasteiger charge is 2.48. The number of benzene rings is 1. The Morgan fingerprint density at radius 3 is 2.35 bits per heavy atom. The van der Waals surface area contributed by atoms with Gasteiger partial charge in [-0.15, -0.1) is 0 Å². The molecule has 4 aliphatic rings. The SMILES string of the molecule is O=C(C=Cc1ccc(Cl)cc1Cl)NC(=S)NC1C2CC3CC(C2)CC1C3. The van der Waals surface area contributed by atoms with E-state index >= 15 is 0 Å². The van der Waals surface area contributed by atoms with E-state index in [0.29, 0.717) is 33.0 Å². The zero-order valence-electron chi connectivity index (χ0n) is 14.4. The van der Waals surface area contributed by atoms with Crippen molar-refractivity contribution >= 4 is 52.5 Å². The van der Waals surface area contributed by atoms with Crippen LogP contribution in [0.3, 0.4) is 0 Å². The molecule has 3 nitrogen and oxygen atoms in total. The van der Waals surface area contributed by atoms with Gasteiger partial charge in [-0.05, 0) is 91.8 Å². The zero-order chi connectivity index (χ0) is 18.3. The van der Waals surface area contributed by atoms with E-state index in [1.165, 1.54) is 38.2 Å². The van der Waals surface area contributed by atoms with Crippen molar-refractivity contribution in [2.45, 2.75) is 38.1 Å². The predicted molar refractivity (Wildman–Crippen MR) is 110 cm³/mol. The summed E-state index contributed by atoms with van der Waals surface area (Å²) in [5.41, 5.74) is 0.742. The van der Waals surface area contributed by atoms with Gasteiger partial charge in [-0.25, -0.2) is 0 Å². The molecule has 4 bridgehead atoms. The van der Waals surface area contributed by atoms with Gasteiger partial charge in [0.25, 0.3) is 0 Å². The number of carbonyl (C=O) groups excluding carboxylic acids is 1. The maximum Gasteiger partial charge on any atom is 0.250 e. The van der Waals surface area contributed by atoms with Crippen LogP contribution in [-0.2, 0) is 4.79 Å². The van der Waals surface area contributed by atoms with Crippen LogP contribution in [0.2, 0.25) is 10.0 Å². The molecule has 6 heteroatoms. The van der Waals surface area contributed by atoms with E-state index < -0.39 is 0 Å². The molecule has 4 saturated carbocycles. The van der Waals surface area contributed by atoms with Crippen molar-refractivity contribution in [3.63, 3.8) is 0 Å². The molecule has 1 aromatic carbocycles. The Balaban J connectivity index is 1.32. The van der Waals surface area contributed by atoms with Gasteiger partial charge in [0.1, 0.15) is 0 Å². The van der Waals surface area contributed by atoms with Crippen molar-refractivity contribution in [1.82, 2.24) is 10.6 Å².